The lowest BCUT2D eigenvalue weighted by Gasteiger charge is -2.17. The molecule has 0 saturated carbocycles. The van der Waals surface area contributed by atoms with E-state index in [9.17, 15) is 0 Å². The normalized spacial score (nSPS) is 14.9. The average molecular weight is 258 g/mol. The Bertz CT molecular complexity index is 532. The molecule has 19 heavy (non-hydrogen) atoms. The van der Waals surface area contributed by atoms with Crippen LogP contribution in [0.4, 0.5) is 11.8 Å². The number of hydrogen-bond acceptors (Lipinski definition) is 5. The van der Waals surface area contributed by atoms with E-state index in [-0.39, 0.29) is 0 Å². The second-order valence-corrected chi connectivity index (χ2v) is 4.82. The second-order valence-electron chi connectivity index (χ2n) is 4.82. The molecule has 1 N–H and O–H groups in total. The van der Waals surface area contributed by atoms with E-state index < -0.39 is 0 Å². The standard InChI is InChI=1S/C14H18N4O/c1-11-9-13(18-6-2-3-7-18)17-14(16-11)15-10-12-5-4-8-19-12/h4-5,8-9H,2-3,6-7,10H2,1H3,(H,15,16,17). The van der Waals surface area contributed by atoms with E-state index in [2.05, 4.69) is 20.2 Å². The lowest BCUT2D eigenvalue weighted by Crippen LogP contribution is -2.20. The third kappa shape index (κ3) is 2.86. The Morgan fingerprint density at radius 3 is 2.89 bits per heavy atom. The number of nitrogens with one attached hydrogen (secondary N) is 1. The maximum atomic E-state index is 5.29. The summed E-state index contributed by atoms with van der Waals surface area (Å²) < 4.78 is 5.29. The summed E-state index contributed by atoms with van der Waals surface area (Å²) in [6.07, 6.45) is 4.17. The smallest absolute Gasteiger partial charge is 0.225 e. The molecule has 3 rings (SSSR count). The highest BCUT2D eigenvalue weighted by Crippen LogP contribution is 2.20. The first-order valence-electron chi connectivity index (χ1n) is 6.68. The Kier molecular flexibility index (Phi) is 3.35. The summed E-state index contributed by atoms with van der Waals surface area (Å²) in [5.41, 5.74) is 0.985. The van der Waals surface area contributed by atoms with Crippen LogP contribution in [0.5, 0.6) is 0 Å². The average Bonchev–Trinajstić information content (AvgIpc) is 3.09. The highest BCUT2D eigenvalue weighted by molar-refractivity contribution is 5.45. The molecule has 0 aliphatic carbocycles. The van der Waals surface area contributed by atoms with Crippen LogP contribution in [0.1, 0.15) is 24.3 Å². The summed E-state index contributed by atoms with van der Waals surface area (Å²) in [7, 11) is 0. The van der Waals surface area contributed by atoms with Crippen LogP contribution < -0.4 is 10.2 Å². The summed E-state index contributed by atoms with van der Waals surface area (Å²) in [5, 5.41) is 3.21. The first kappa shape index (κ1) is 12.0. The van der Waals surface area contributed by atoms with Crippen molar-refractivity contribution in [2.45, 2.75) is 26.3 Å². The zero-order valence-electron chi connectivity index (χ0n) is 11.1. The number of rotatable bonds is 4. The van der Waals surface area contributed by atoms with Gasteiger partial charge in [0.15, 0.2) is 0 Å². The fraction of sp³-hybridized carbons (Fsp3) is 0.429. The molecule has 1 saturated heterocycles. The minimum atomic E-state index is 0.607. The van der Waals surface area contributed by atoms with Gasteiger partial charge in [-0.1, -0.05) is 0 Å². The fourth-order valence-electron chi connectivity index (χ4n) is 2.32. The summed E-state index contributed by atoms with van der Waals surface area (Å²) in [6, 6.07) is 5.86. The molecule has 2 aromatic heterocycles. The number of hydrogen-bond donors (Lipinski definition) is 1. The van der Waals surface area contributed by atoms with Crippen molar-refractivity contribution in [3.63, 3.8) is 0 Å². The minimum absolute atomic E-state index is 0.607. The van der Waals surface area contributed by atoms with Gasteiger partial charge in [0.2, 0.25) is 5.95 Å². The van der Waals surface area contributed by atoms with E-state index >= 15 is 0 Å². The summed E-state index contributed by atoms with van der Waals surface area (Å²) in [6.45, 7) is 4.79. The Morgan fingerprint density at radius 2 is 2.16 bits per heavy atom. The van der Waals surface area contributed by atoms with Gasteiger partial charge in [-0.3, -0.25) is 0 Å². The highest BCUT2D eigenvalue weighted by Gasteiger charge is 2.15. The summed E-state index contributed by atoms with van der Waals surface area (Å²) >= 11 is 0. The van der Waals surface area contributed by atoms with Crippen LogP contribution in [-0.4, -0.2) is 23.1 Å². The van der Waals surface area contributed by atoms with Gasteiger partial charge in [0.25, 0.3) is 0 Å². The van der Waals surface area contributed by atoms with Crippen molar-refractivity contribution in [1.82, 2.24) is 9.97 Å². The number of nitrogens with zero attached hydrogens (tertiary/aromatic N) is 3. The van der Waals surface area contributed by atoms with E-state index in [1.54, 1.807) is 6.26 Å². The van der Waals surface area contributed by atoms with Gasteiger partial charge in [-0.05, 0) is 31.9 Å². The van der Waals surface area contributed by atoms with Crippen molar-refractivity contribution in [2.75, 3.05) is 23.3 Å². The molecule has 0 amide bonds. The van der Waals surface area contributed by atoms with E-state index in [1.807, 2.05) is 25.1 Å². The maximum absolute atomic E-state index is 5.29. The van der Waals surface area contributed by atoms with Gasteiger partial charge >= 0.3 is 0 Å². The third-order valence-electron chi connectivity index (χ3n) is 3.27. The summed E-state index contributed by atoms with van der Waals surface area (Å²) in [5.74, 6) is 2.57. The predicted octanol–water partition coefficient (Wildman–Crippen LogP) is 2.59. The number of aromatic nitrogens is 2. The molecule has 0 aromatic carbocycles. The fourth-order valence-corrected chi connectivity index (χ4v) is 2.32. The van der Waals surface area contributed by atoms with Crippen LogP contribution in [0.2, 0.25) is 0 Å². The van der Waals surface area contributed by atoms with Gasteiger partial charge in [-0.25, -0.2) is 4.98 Å². The number of anilines is 2. The molecule has 0 bridgehead atoms. The Labute approximate surface area is 112 Å². The highest BCUT2D eigenvalue weighted by atomic mass is 16.3. The van der Waals surface area contributed by atoms with Crippen molar-refractivity contribution in [2.24, 2.45) is 0 Å². The molecule has 5 heteroatoms. The lowest BCUT2D eigenvalue weighted by molar-refractivity contribution is 0.517. The largest absolute Gasteiger partial charge is 0.467 e. The molecule has 0 radical (unpaired) electrons. The molecule has 100 valence electrons. The van der Waals surface area contributed by atoms with Gasteiger partial charge in [0.05, 0.1) is 12.8 Å². The van der Waals surface area contributed by atoms with Crippen molar-refractivity contribution in [1.29, 1.82) is 0 Å². The van der Waals surface area contributed by atoms with Gasteiger partial charge in [-0.2, -0.15) is 4.98 Å². The van der Waals surface area contributed by atoms with E-state index in [0.717, 1.165) is 30.4 Å². The van der Waals surface area contributed by atoms with Gasteiger partial charge in [0, 0.05) is 24.8 Å². The molecular formula is C14H18N4O. The Hall–Kier alpha value is -2.04. The Balaban J connectivity index is 1.73. The van der Waals surface area contributed by atoms with Crippen LogP contribution in [0.25, 0.3) is 0 Å². The molecular weight excluding hydrogens is 240 g/mol. The molecule has 1 aliphatic heterocycles. The molecule has 5 nitrogen and oxygen atoms in total. The van der Waals surface area contributed by atoms with Crippen molar-refractivity contribution in [3.05, 3.63) is 35.9 Å². The monoisotopic (exact) mass is 258 g/mol. The predicted molar refractivity (Wildman–Crippen MR) is 74.3 cm³/mol. The zero-order valence-corrected chi connectivity index (χ0v) is 11.1. The van der Waals surface area contributed by atoms with Crippen molar-refractivity contribution in [3.8, 4) is 0 Å². The first-order valence-corrected chi connectivity index (χ1v) is 6.68. The van der Waals surface area contributed by atoms with Crippen LogP contribution in [0.15, 0.2) is 28.9 Å². The van der Waals surface area contributed by atoms with Crippen molar-refractivity contribution < 1.29 is 4.42 Å². The molecule has 1 fully saturated rings. The second kappa shape index (κ2) is 5.30. The molecule has 3 heterocycles. The van der Waals surface area contributed by atoms with E-state index in [0.29, 0.717) is 12.5 Å². The van der Waals surface area contributed by atoms with E-state index in [4.69, 9.17) is 4.42 Å². The number of furan rings is 1. The molecule has 0 unspecified atom stereocenters. The van der Waals surface area contributed by atoms with Crippen LogP contribution in [0.3, 0.4) is 0 Å². The SMILES string of the molecule is Cc1cc(N2CCCC2)nc(NCc2ccco2)n1. The van der Waals surface area contributed by atoms with Crippen molar-refractivity contribution >= 4 is 11.8 Å². The van der Waals surface area contributed by atoms with Gasteiger partial charge in [-0.15, -0.1) is 0 Å². The van der Waals surface area contributed by atoms with Gasteiger partial charge in [0.1, 0.15) is 11.6 Å². The summed E-state index contributed by atoms with van der Waals surface area (Å²) in [4.78, 5) is 11.3. The van der Waals surface area contributed by atoms with Crippen LogP contribution in [0, 0.1) is 6.92 Å². The zero-order chi connectivity index (χ0) is 13.1. The number of aryl methyl sites for hydroxylation is 1. The first-order chi connectivity index (χ1) is 9.31. The molecule has 2 aromatic rings. The topological polar surface area (TPSA) is 54.2 Å². The quantitative estimate of drug-likeness (QED) is 0.913. The molecule has 0 atom stereocenters. The maximum Gasteiger partial charge on any atom is 0.225 e. The molecule has 0 spiro atoms. The van der Waals surface area contributed by atoms with Crippen LogP contribution in [-0.2, 0) is 6.54 Å². The van der Waals surface area contributed by atoms with E-state index in [1.165, 1.54) is 12.8 Å². The minimum Gasteiger partial charge on any atom is -0.467 e. The molecule has 1 aliphatic rings. The lowest BCUT2D eigenvalue weighted by atomic mass is 10.4. The van der Waals surface area contributed by atoms with Crippen LogP contribution >= 0.6 is 0 Å². The van der Waals surface area contributed by atoms with Gasteiger partial charge < -0.3 is 14.6 Å². The Morgan fingerprint density at radius 1 is 1.32 bits per heavy atom. The third-order valence-corrected chi connectivity index (χ3v) is 3.27.